The second-order valence-corrected chi connectivity index (χ2v) is 10.2. The Morgan fingerprint density at radius 3 is 1.95 bits per heavy atom. The lowest BCUT2D eigenvalue weighted by Crippen LogP contribution is -2.27. The molecule has 0 fully saturated rings. The van der Waals surface area contributed by atoms with Crippen LogP contribution in [0.2, 0.25) is 0 Å². The van der Waals surface area contributed by atoms with E-state index in [0.717, 1.165) is 32.7 Å². The number of allylic oxidation sites excluding steroid dienone is 1. The number of halogens is 1. The van der Waals surface area contributed by atoms with E-state index < -0.39 is 6.04 Å². The fraction of sp³-hybridized carbons (Fsp3) is 0.300. The Morgan fingerprint density at radius 2 is 1.33 bits per heavy atom. The van der Waals surface area contributed by atoms with E-state index in [-0.39, 0.29) is 11.7 Å². The van der Waals surface area contributed by atoms with Gasteiger partial charge in [-0.15, -0.1) is 0 Å². The maximum atomic E-state index is 14.0. The number of para-hydroxylation sites is 2. The van der Waals surface area contributed by atoms with Gasteiger partial charge in [0.05, 0.1) is 57.4 Å². The Hall–Kier alpha value is -3.85. The molecule has 1 aliphatic carbocycles. The van der Waals surface area contributed by atoms with E-state index in [1.807, 2.05) is 48.5 Å². The third-order valence-corrected chi connectivity index (χ3v) is 7.85. The molecule has 2 aliphatic rings. The zero-order chi connectivity index (χ0) is 27.7. The van der Waals surface area contributed by atoms with Gasteiger partial charge in [-0.2, -0.15) is 0 Å². The topological polar surface area (TPSA) is 87.3 Å². The lowest BCUT2D eigenvalue weighted by atomic mass is 9.78. The van der Waals surface area contributed by atoms with Crippen molar-refractivity contribution in [1.29, 1.82) is 0 Å². The first kappa shape index (κ1) is 26.7. The summed E-state index contributed by atoms with van der Waals surface area (Å²) >= 11 is 3.62. The summed E-state index contributed by atoms with van der Waals surface area (Å²) in [6.07, 6.45) is 0.961. The summed E-state index contributed by atoms with van der Waals surface area (Å²) in [6, 6.07) is 15.3. The van der Waals surface area contributed by atoms with Crippen LogP contribution in [0, 0.1) is 0 Å². The minimum atomic E-state index is -0.402. The molecule has 8 nitrogen and oxygen atoms in total. The number of fused-ring (bicyclic) bond motifs is 1. The normalized spacial score (nSPS) is 18.2. The third-order valence-electron chi connectivity index (χ3n) is 7.26. The highest BCUT2D eigenvalue weighted by atomic mass is 79.9. The van der Waals surface area contributed by atoms with E-state index in [1.54, 1.807) is 35.5 Å². The molecule has 0 radical (unpaired) electrons. The first-order valence-electron chi connectivity index (χ1n) is 12.5. The van der Waals surface area contributed by atoms with Crippen LogP contribution in [-0.4, -0.2) is 41.3 Å². The standard InChI is InChI=1S/C30H31BrN2O6/c1-35-24-15-18(10-19(31)29(24)38-4)28-27-22(32-20-8-6-7-9-21(20)33-28)11-16(12-23(27)34)17-13-25(36-2)30(39-5)26(14-17)37-3/h6-10,13-16,28,32-33H,11-12H2,1-5H3/t16-,28-/m0/s1. The molecule has 3 aromatic rings. The Balaban J connectivity index is 1.63. The maximum absolute atomic E-state index is 14.0. The van der Waals surface area contributed by atoms with Crippen molar-refractivity contribution in [3.63, 3.8) is 0 Å². The van der Waals surface area contributed by atoms with Crippen LogP contribution in [0.1, 0.15) is 35.9 Å². The van der Waals surface area contributed by atoms with Crippen molar-refractivity contribution in [1.82, 2.24) is 0 Å². The van der Waals surface area contributed by atoms with Gasteiger partial charge in [0.25, 0.3) is 0 Å². The monoisotopic (exact) mass is 594 g/mol. The third kappa shape index (κ3) is 4.87. The van der Waals surface area contributed by atoms with E-state index in [2.05, 4.69) is 26.6 Å². The van der Waals surface area contributed by atoms with Crippen molar-refractivity contribution in [3.05, 3.63) is 75.4 Å². The van der Waals surface area contributed by atoms with Crippen LogP contribution in [0.15, 0.2) is 64.3 Å². The van der Waals surface area contributed by atoms with Crippen LogP contribution in [-0.2, 0) is 4.79 Å². The summed E-state index contributed by atoms with van der Waals surface area (Å²) < 4.78 is 28.5. The summed E-state index contributed by atoms with van der Waals surface area (Å²) in [5.74, 6) is 2.80. The number of hydrogen-bond donors (Lipinski definition) is 2. The maximum Gasteiger partial charge on any atom is 0.203 e. The molecule has 5 rings (SSSR count). The SMILES string of the molecule is COc1cc([C@@H]2Nc3ccccc3NC3=C2C(=O)C[C@@H](c2cc(OC)c(OC)c(OC)c2)C3)cc(Br)c1OC. The largest absolute Gasteiger partial charge is 0.493 e. The van der Waals surface area contributed by atoms with Gasteiger partial charge in [0.15, 0.2) is 28.8 Å². The number of rotatable bonds is 7. The van der Waals surface area contributed by atoms with Crippen molar-refractivity contribution >= 4 is 33.1 Å². The van der Waals surface area contributed by atoms with Gasteiger partial charge in [0.1, 0.15) is 0 Å². The molecule has 0 spiro atoms. The Labute approximate surface area is 236 Å². The fourth-order valence-electron chi connectivity index (χ4n) is 5.42. The zero-order valence-corrected chi connectivity index (χ0v) is 24.1. The first-order chi connectivity index (χ1) is 18.9. The highest BCUT2D eigenvalue weighted by Gasteiger charge is 2.37. The number of ketones is 1. The number of benzene rings is 3. The number of carbonyl (C=O) groups is 1. The van der Waals surface area contributed by atoms with Crippen molar-refractivity contribution in [2.24, 2.45) is 0 Å². The lowest BCUT2D eigenvalue weighted by Gasteiger charge is -2.30. The van der Waals surface area contributed by atoms with E-state index >= 15 is 0 Å². The number of Topliss-reactive ketones (excluding diaryl/α,β-unsaturated/α-hetero) is 1. The molecule has 0 saturated carbocycles. The van der Waals surface area contributed by atoms with Crippen molar-refractivity contribution in [3.8, 4) is 28.7 Å². The molecule has 1 aliphatic heterocycles. The second kappa shape index (κ2) is 11.1. The number of hydrogen-bond acceptors (Lipinski definition) is 8. The van der Waals surface area contributed by atoms with Gasteiger partial charge in [-0.25, -0.2) is 0 Å². The van der Waals surface area contributed by atoms with E-state index in [0.29, 0.717) is 47.2 Å². The highest BCUT2D eigenvalue weighted by Crippen LogP contribution is 2.48. The minimum absolute atomic E-state index is 0.0544. The van der Waals surface area contributed by atoms with Crippen molar-refractivity contribution < 1.29 is 28.5 Å². The molecule has 0 aromatic heterocycles. The summed E-state index contributed by atoms with van der Waals surface area (Å²) in [7, 11) is 7.96. The Bertz CT molecular complexity index is 1430. The Kier molecular flexibility index (Phi) is 7.61. The van der Waals surface area contributed by atoms with E-state index in [4.69, 9.17) is 23.7 Å². The van der Waals surface area contributed by atoms with Crippen LogP contribution in [0.25, 0.3) is 0 Å². The molecule has 2 N–H and O–H groups in total. The van der Waals surface area contributed by atoms with Gasteiger partial charge in [-0.05, 0) is 75.8 Å². The van der Waals surface area contributed by atoms with Crippen LogP contribution < -0.4 is 34.3 Å². The number of nitrogens with one attached hydrogen (secondary N) is 2. The molecular weight excluding hydrogens is 564 g/mol. The first-order valence-corrected chi connectivity index (χ1v) is 13.3. The van der Waals surface area contributed by atoms with Gasteiger partial charge in [-0.1, -0.05) is 12.1 Å². The smallest absolute Gasteiger partial charge is 0.203 e. The fourth-order valence-corrected chi connectivity index (χ4v) is 6.04. The average molecular weight is 595 g/mol. The predicted octanol–water partition coefficient (Wildman–Crippen LogP) is 6.47. The van der Waals surface area contributed by atoms with E-state index in [1.165, 1.54) is 0 Å². The minimum Gasteiger partial charge on any atom is -0.493 e. The van der Waals surface area contributed by atoms with Gasteiger partial charge < -0.3 is 34.3 Å². The molecule has 0 saturated heterocycles. The Morgan fingerprint density at radius 1 is 0.744 bits per heavy atom. The molecule has 2 atom stereocenters. The molecule has 9 heteroatoms. The van der Waals surface area contributed by atoms with Gasteiger partial charge >= 0.3 is 0 Å². The summed E-state index contributed by atoms with van der Waals surface area (Å²) in [4.78, 5) is 14.0. The second-order valence-electron chi connectivity index (χ2n) is 9.37. The quantitative estimate of drug-likeness (QED) is 0.322. The molecule has 1 heterocycles. The van der Waals surface area contributed by atoms with Gasteiger partial charge in [-0.3, -0.25) is 4.79 Å². The molecule has 0 bridgehead atoms. The summed E-state index contributed by atoms with van der Waals surface area (Å²) in [5, 5.41) is 7.19. The summed E-state index contributed by atoms with van der Waals surface area (Å²) in [5.41, 5.74) is 5.21. The molecule has 0 unspecified atom stereocenters. The van der Waals surface area contributed by atoms with Crippen LogP contribution in [0.3, 0.4) is 0 Å². The average Bonchev–Trinajstić information content (AvgIpc) is 3.12. The number of methoxy groups -OCH3 is 5. The molecular formula is C30H31BrN2O6. The van der Waals surface area contributed by atoms with Crippen LogP contribution in [0.4, 0.5) is 11.4 Å². The molecule has 3 aromatic carbocycles. The molecule has 39 heavy (non-hydrogen) atoms. The number of ether oxygens (including phenoxy) is 5. The molecule has 0 amide bonds. The predicted molar refractivity (Wildman–Crippen MR) is 154 cm³/mol. The zero-order valence-electron chi connectivity index (χ0n) is 22.5. The summed E-state index contributed by atoms with van der Waals surface area (Å²) in [6.45, 7) is 0. The van der Waals surface area contributed by atoms with Crippen molar-refractivity contribution in [2.75, 3.05) is 46.2 Å². The van der Waals surface area contributed by atoms with Gasteiger partial charge in [0.2, 0.25) is 5.75 Å². The van der Waals surface area contributed by atoms with Gasteiger partial charge in [0, 0.05) is 17.7 Å². The van der Waals surface area contributed by atoms with E-state index in [9.17, 15) is 4.79 Å². The molecule has 204 valence electrons. The number of anilines is 2. The van der Waals surface area contributed by atoms with Crippen LogP contribution >= 0.6 is 15.9 Å². The number of carbonyl (C=O) groups excluding carboxylic acids is 1. The van der Waals surface area contributed by atoms with Crippen molar-refractivity contribution in [2.45, 2.75) is 24.8 Å². The van der Waals surface area contributed by atoms with Crippen LogP contribution in [0.5, 0.6) is 28.7 Å². The highest BCUT2D eigenvalue weighted by molar-refractivity contribution is 9.10. The lowest BCUT2D eigenvalue weighted by molar-refractivity contribution is -0.116.